The minimum Gasteiger partial charge on any atom is -0.492 e. The van der Waals surface area contributed by atoms with Gasteiger partial charge in [0, 0.05) is 0 Å². The number of carbonyl (C=O) groups excluding carboxylic acids is 2. The summed E-state index contributed by atoms with van der Waals surface area (Å²) < 4.78 is 37.2. The fourth-order valence-electron chi connectivity index (χ4n) is 3.54. The Balaban J connectivity index is 1.47. The number of piperidine rings is 1. The van der Waals surface area contributed by atoms with Gasteiger partial charge in [0.15, 0.2) is 0 Å². The highest BCUT2D eigenvalue weighted by Gasteiger charge is 2.22. The van der Waals surface area contributed by atoms with Crippen LogP contribution in [0.25, 0.3) is 0 Å². The lowest BCUT2D eigenvalue weighted by molar-refractivity contribution is -0.138. The summed E-state index contributed by atoms with van der Waals surface area (Å²) in [5.41, 5.74) is 5.77. The Bertz CT molecular complexity index is 1090. The number of carbonyl (C=O) groups is 2. The van der Waals surface area contributed by atoms with Crippen LogP contribution in [0.4, 0.5) is 0 Å². The first kappa shape index (κ1) is 26.1. The van der Waals surface area contributed by atoms with Crippen molar-refractivity contribution < 1.29 is 27.5 Å². The lowest BCUT2D eigenvalue weighted by Crippen LogP contribution is -2.43. The maximum absolute atomic E-state index is 12.3. The SMILES string of the molecule is N[C@H](CC(=O)OC(=O)c1ccc(OCCC2CCNCC2)c(Cl)c1)NS(=O)(=O)c1ccccc1. The quantitative estimate of drug-likeness (QED) is 0.252. The number of hydrogen-bond donors (Lipinski definition) is 3. The Morgan fingerprint density at radius 1 is 1.15 bits per heavy atom. The largest absolute Gasteiger partial charge is 0.492 e. The second kappa shape index (κ2) is 12.3. The Labute approximate surface area is 204 Å². The van der Waals surface area contributed by atoms with Gasteiger partial charge in [-0.3, -0.25) is 4.79 Å². The molecule has 0 aromatic heterocycles. The Hall–Kier alpha value is -2.50. The molecule has 9 nitrogen and oxygen atoms in total. The molecule has 11 heteroatoms. The van der Waals surface area contributed by atoms with Crippen molar-refractivity contribution in [1.82, 2.24) is 10.0 Å². The zero-order valence-electron chi connectivity index (χ0n) is 18.5. The molecule has 1 heterocycles. The van der Waals surface area contributed by atoms with Gasteiger partial charge >= 0.3 is 11.9 Å². The molecule has 0 radical (unpaired) electrons. The first-order chi connectivity index (χ1) is 16.2. The third-order valence-corrected chi connectivity index (χ3v) is 7.16. The van der Waals surface area contributed by atoms with E-state index in [-0.39, 0.29) is 15.5 Å². The predicted molar refractivity (Wildman–Crippen MR) is 127 cm³/mol. The molecule has 1 saturated heterocycles. The number of rotatable bonds is 10. The van der Waals surface area contributed by atoms with Gasteiger partial charge in [0.2, 0.25) is 10.0 Å². The van der Waals surface area contributed by atoms with Crippen LogP contribution in [0.15, 0.2) is 53.4 Å². The van der Waals surface area contributed by atoms with Crippen LogP contribution in [0.1, 0.15) is 36.0 Å². The van der Waals surface area contributed by atoms with E-state index in [1.165, 1.54) is 24.3 Å². The fraction of sp³-hybridized carbons (Fsp3) is 0.391. The first-order valence-corrected chi connectivity index (χ1v) is 12.8. The fourth-order valence-corrected chi connectivity index (χ4v) is 4.91. The van der Waals surface area contributed by atoms with Crippen LogP contribution < -0.4 is 20.5 Å². The lowest BCUT2D eigenvalue weighted by Gasteiger charge is -2.22. The van der Waals surface area contributed by atoms with E-state index in [1.54, 1.807) is 24.3 Å². The highest BCUT2D eigenvalue weighted by molar-refractivity contribution is 7.89. The van der Waals surface area contributed by atoms with Gasteiger partial charge < -0.3 is 20.5 Å². The Kier molecular flexibility index (Phi) is 9.43. The number of benzene rings is 2. The number of halogens is 1. The van der Waals surface area contributed by atoms with Crippen LogP contribution in [-0.4, -0.2) is 46.2 Å². The summed E-state index contributed by atoms with van der Waals surface area (Å²) in [7, 11) is -3.91. The van der Waals surface area contributed by atoms with Crippen molar-refractivity contribution >= 4 is 33.6 Å². The van der Waals surface area contributed by atoms with Crippen LogP contribution in [0.5, 0.6) is 5.75 Å². The average Bonchev–Trinajstić information content (AvgIpc) is 2.80. The minimum atomic E-state index is -3.91. The maximum atomic E-state index is 12.3. The van der Waals surface area contributed by atoms with Gasteiger partial charge in [0.05, 0.1) is 34.7 Å². The average molecular weight is 510 g/mol. The second-order valence-corrected chi connectivity index (χ2v) is 10.1. The van der Waals surface area contributed by atoms with E-state index in [4.69, 9.17) is 26.8 Å². The van der Waals surface area contributed by atoms with Crippen LogP contribution in [0.2, 0.25) is 5.02 Å². The molecule has 4 N–H and O–H groups in total. The van der Waals surface area contributed by atoms with Gasteiger partial charge in [-0.2, -0.15) is 4.72 Å². The molecule has 2 aromatic carbocycles. The number of ether oxygens (including phenoxy) is 2. The summed E-state index contributed by atoms with van der Waals surface area (Å²) >= 11 is 6.22. The van der Waals surface area contributed by atoms with Crippen molar-refractivity contribution in [2.24, 2.45) is 11.7 Å². The number of nitrogens with one attached hydrogen (secondary N) is 2. The van der Waals surface area contributed by atoms with Gasteiger partial charge in [0.25, 0.3) is 0 Å². The monoisotopic (exact) mass is 509 g/mol. The molecule has 0 aliphatic carbocycles. The molecule has 1 aliphatic rings. The molecule has 1 aliphatic heterocycles. The highest BCUT2D eigenvalue weighted by atomic mass is 35.5. The molecule has 34 heavy (non-hydrogen) atoms. The summed E-state index contributed by atoms with van der Waals surface area (Å²) in [6.45, 7) is 2.55. The van der Waals surface area contributed by atoms with E-state index in [2.05, 4.69) is 10.0 Å². The van der Waals surface area contributed by atoms with E-state index in [1.807, 2.05) is 0 Å². The van der Waals surface area contributed by atoms with E-state index in [0.29, 0.717) is 18.3 Å². The lowest BCUT2D eigenvalue weighted by atomic mass is 9.95. The van der Waals surface area contributed by atoms with Crippen molar-refractivity contribution in [3.63, 3.8) is 0 Å². The van der Waals surface area contributed by atoms with Crippen molar-refractivity contribution in [2.45, 2.75) is 36.7 Å². The van der Waals surface area contributed by atoms with Crippen molar-refractivity contribution in [2.75, 3.05) is 19.7 Å². The molecule has 1 atom stereocenters. The summed E-state index contributed by atoms with van der Waals surface area (Å²) in [6.07, 6.45) is 1.35. The van der Waals surface area contributed by atoms with Gasteiger partial charge in [0.1, 0.15) is 5.75 Å². The van der Waals surface area contributed by atoms with Crippen LogP contribution in [0, 0.1) is 5.92 Å². The first-order valence-electron chi connectivity index (χ1n) is 11.0. The third-order valence-electron chi connectivity index (χ3n) is 5.36. The topological polar surface area (TPSA) is 137 Å². The highest BCUT2D eigenvalue weighted by Crippen LogP contribution is 2.27. The molecule has 2 aromatic rings. The van der Waals surface area contributed by atoms with Crippen LogP contribution in [-0.2, 0) is 19.6 Å². The third kappa shape index (κ3) is 7.78. The van der Waals surface area contributed by atoms with Crippen molar-refractivity contribution in [3.05, 3.63) is 59.1 Å². The molecule has 3 rings (SSSR count). The van der Waals surface area contributed by atoms with Crippen LogP contribution in [0.3, 0.4) is 0 Å². The summed E-state index contributed by atoms with van der Waals surface area (Å²) in [5.74, 6) is -0.849. The van der Waals surface area contributed by atoms with Gasteiger partial charge in [-0.1, -0.05) is 29.8 Å². The minimum absolute atomic E-state index is 0.00240. The summed E-state index contributed by atoms with van der Waals surface area (Å²) in [6, 6.07) is 11.9. The maximum Gasteiger partial charge on any atom is 0.345 e. The molecular weight excluding hydrogens is 482 g/mol. The standard InChI is InChI=1S/C23H28ClN3O6S/c24-19-14-17(6-7-20(19)32-13-10-16-8-11-26-12-9-16)23(29)33-22(28)15-21(25)27-34(30,31)18-4-2-1-3-5-18/h1-7,14,16,21,26-27H,8-13,15,25H2/t21-/m0/s1. The number of esters is 2. The normalized spacial score (nSPS) is 15.5. The van der Waals surface area contributed by atoms with Gasteiger partial charge in [-0.05, 0) is 68.6 Å². The molecule has 0 saturated carbocycles. The van der Waals surface area contributed by atoms with Crippen molar-refractivity contribution in [3.8, 4) is 5.75 Å². The summed E-state index contributed by atoms with van der Waals surface area (Å²) in [4.78, 5) is 24.4. The molecule has 0 bridgehead atoms. The molecule has 0 spiro atoms. The molecular formula is C23H28ClN3O6S. The molecule has 184 valence electrons. The smallest absolute Gasteiger partial charge is 0.345 e. The number of hydrogen-bond acceptors (Lipinski definition) is 8. The number of sulfonamides is 1. The van der Waals surface area contributed by atoms with Gasteiger partial charge in [-0.25, -0.2) is 13.2 Å². The Morgan fingerprint density at radius 2 is 1.85 bits per heavy atom. The Morgan fingerprint density at radius 3 is 2.53 bits per heavy atom. The predicted octanol–water partition coefficient (Wildman–Crippen LogP) is 2.45. The molecule has 0 unspecified atom stereocenters. The van der Waals surface area contributed by atoms with E-state index >= 15 is 0 Å². The molecule has 0 amide bonds. The molecule has 1 fully saturated rings. The van der Waals surface area contributed by atoms with E-state index < -0.39 is 34.5 Å². The second-order valence-electron chi connectivity index (χ2n) is 7.98. The van der Waals surface area contributed by atoms with Crippen LogP contribution >= 0.6 is 11.6 Å². The van der Waals surface area contributed by atoms with E-state index in [9.17, 15) is 18.0 Å². The zero-order valence-corrected chi connectivity index (χ0v) is 20.1. The van der Waals surface area contributed by atoms with Gasteiger partial charge in [-0.15, -0.1) is 0 Å². The summed E-state index contributed by atoms with van der Waals surface area (Å²) in [5, 5.41) is 3.54. The van der Waals surface area contributed by atoms with E-state index in [0.717, 1.165) is 32.4 Å². The number of nitrogens with two attached hydrogens (primary N) is 1. The zero-order chi connectivity index (χ0) is 24.6. The van der Waals surface area contributed by atoms with Crippen molar-refractivity contribution in [1.29, 1.82) is 0 Å².